The fourth-order valence-electron chi connectivity index (χ4n) is 3.25. The van der Waals surface area contributed by atoms with Crippen molar-refractivity contribution < 1.29 is 4.79 Å². The molecule has 1 aliphatic heterocycles. The molecule has 1 amide bonds. The second-order valence-electron chi connectivity index (χ2n) is 5.19. The van der Waals surface area contributed by atoms with Gasteiger partial charge in [0.1, 0.15) is 0 Å². The zero-order valence-electron chi connectivity index (χ0n) is 10.1. The van der Waals surface area contributed by atoms with Crippen LogP contribution in [0, 0.1) is 11.3 Å². The molecule has 1 aliphatic carbocycles. The monoisotopic (exact) mass is 246 g/mol. The predicted molar refractivity (Wildman–Crippen MR) is 67.8 cm³/mol. The summed E-state index contributed by atoms with van der Waals surface area (Å²) in [6, 6.07) is 0. The van der Waals surface area contributed by atoms with Gasteiger partial charge in [-0.05, 0) is 24.2 Å². The molecule has 1 saturated heterocycles. The van der Waals surface area contributed by atoms with Crippen molar-refractivity contribution in [3.63, 3.8) is 0 Å². The molecule has 1 heterocycles. The van der Waals surface area contributed by atoms with Crippen molar-refractivity contribution in [3.8, 4) is 0 Å². The van der Waals surface area contributed by atoms with Crippen LogP contribution in [0.5, 0.6) is 0 Å². The molecular formula is C12H23ClN2O. The van der Waals surface area contributed by atoms with Crippen LogP contribution in [0.4, 0.5) is 0 Å². The van der Waals surface area contributed by atoms with Crippen molar-refractivity contribution >= 4 is 18.3 Å². The molecule has 2 N–H and O–H groups in total. The van der Waals surface area contributed by atoms with Gasteiger partial charge in [0.2, 0.25) is 5.91 Å². The lowest BCUT2D eigenvalue weighted by molar-refractivity contribution is -0.119. The molecule has 4 heteroatoms. The number of carbonyl (C=O) groups excluding carboxylic acids is 1. The van der Waals surface area contributed by atoms with Crippen molar-refractivity contribution in [1.29, 1.82) is 0 Å². The minimum absolute atomic E-state index is 0. The Hall–Kier alpha value is -0.280. The molecule has 1 saturated carbocycles. The van der Waals surface area contributed by atoms with E-state index >= 15 is 0 Å². The summed E-state index contributed by atoms with van der Waals surface area (Å²) in [5.74, 6) is 0.759. The van der Waals surface area contributed by atoms with Gasteiger partial charge in [-0.1, -0.05) is 19.3 Å². The second kappa shape index (κ2) is 5.87. The van der Waals surface area contributed by atoms with Gasteiger partial charge in [-0.2, -0.15) is 0 Å². The highest BCUT2D eigenvalue weighted by atomic mass is 35.5. The molecule has 0 bridgehead atoms. The van der Waals surface area contributed by atoms with Gasteiger partial charge in [-0.3, -0.25) is 4.79 Å². The van der Waals surface area contributed by atoms with Crippen LogP contribution >= 0.6 is 12.4 Å². The summed E-state index contributed by atoms with van der Waals surface area (Å²) >= 11 is 0. The molecule has 2 fully saturated rings. The van der Waals surface area contributed by atoms with E-state index in [0.717, 1.165) is 19.6 Å². The van der Waals surface area contributed by atoms with E-state index in [2.05, 4.69) is 10.6 Å². The molecule has 2 rings (SSSR count). The minimum Gasteiger partial charge on any atom is -0.356 e. The van der Waals surface area contributed by atoms with Gasteiger partial charge in [-0.15, -0.1) is 12.4 Å². The molecule has 94 valence electrons. The Bertz CT molecular complexity index is 239. The standard InChI is InChI=1S/C12H22N2O.ClH/c1-10(15)14-8-11-7-13-9-12(11)5-3-2-4-6-12;/h11,13H,2-9H2,1H3,(H,14,15);1H. The lowest BCUT2D eigenvalue weighted by Gasteiger charge is -2.38. The Morgan fingerprint density at radius 1 is 1.38 bits per heavy atom. The maximum Gasteiger partial charge on any atom is 0.216 e. The van der Waals surface area contributed by atoms with E-state index in [0.29, 0.717) is 11.3 Å². The van der Waals surface area contributed by atoms with E-state index in [1.165, 1.54) is 32.1 Å². The number of rotatable bonds is 2. The summed E-state index contributed by atoms with van der Waals surface area (Å²) in [6.07, 6.45) is 6.85. The lowest BCUT2D eigenvalue weighted by Crippen LogP contribution is -2.39. The highest BCUT2D eigenvalue weighted by Crippen LogP contribution is 2.44. The fourth-order valence-corrected chi connectivity index (χ4v) is 3.25. The molecule has 1 atom stereocenters. The van der Waals surface area contributed by atoms with E-state index < -0.39 is 0 Å². The van der Waals surface area contributed by atoms with Crippen molar-refractivity contribution in [1.82, 2.24) is 10.6 Å². The third kappa shape index (κ3) is 2.89. The summed E-state index contributed by atoms with van der Waals surface area (Å²) in [5, 5.41) is 6.49. The number of hydrogen-bond donors (Lipinski definition) is 2. The zero-order chi connectivity index (χ0) is 10.7. The van der Waals surface area contributed by atoms with Crippen LogP contribution in [0.3, 0.4) is 0 Å². The SMILES string of the molecule is CC(=O)NCC1CNCC12CCCCC2.Cl. The van der Waals surface area contributed by atoms with E-state index in [-0.39, 0.29) is 18.3 Å². The third-order valence-electron chi connectivity index (χ3n) is 4.18. The molecule has 0 aromatic heterocycles. The Balaban J connectivity index is 0.00000128. The summed E-state index contributed by atoms with van der Waals surface area (Å²) in [7, 11) is 0. The summed E-state index contributed by atoms with van der Waals surface area (Å²) in [5.41, 5.74) is 0.501. The Kier molecular flexibility index (Phi) is 5.06. The first kappa shape index (κ1) is 13.8. The molecule has 2 aliphatic rings. The van der Waals surface area contributed by atoms with Gasteiger partial charge in [0.15, 0.2) is 0 Å². The van der Waals surface area contributed by atoms with E-state index in [1.807, 2.05) is 0 Å². The molecule has 16 heavy (non-hydrogen) atoms. The Labute approximate surface area is 104 Å². The van der Waals surface area contributed by atoms with Crippen LogP contribution in [-0.4, -0.2) is 25.5 Å². The second-order valence-corrected chi connectivity index (χ2v) is 5.19. The Morgan fingerprint density at radius 3 is 2.69 bits per heavy atom. The van der Waals surface area contributed by atoms with Crippen LogP contribution in [0.2, 0.25) is 0 Å². The van der Waals surface area contributed by atoms with Crippen LogP contribution in [0.1, 0.15) is 39.0 Å². The van der Waals surface area contributed by atoms with E-state index in [4.69, 9.17) is 0 Å². The number of amides is 1. The molecule has 1 unspecified atom stereocenters. The molecule has 0 radical (unpaired) electrons. The summed E-state index contributed by atoms with van der Waals surface area (Å²) in [4.78, 5) is 10.9. The average molecular weight is 247 g/mol. The van der Waals surface area contributed by atoms with Gasteiger partial charge in [-0.25, -0.2) is 0 Å². The topological polar surface area (TPSA) is 41.1 Å². The van der Waals surface area contributed by atoms with Crippen LogP contribution in [0.15, 0.2) is 0 Å². The number of nitrogens with one attached hydrogen (secondary N) is 2. The summed E-state index contributed by atoms with van der Waals surface area (Å²) < 4.78 is 0. The first-order chi connectivity index (χ1) is 7.23. The smallest absolute Gasteiger partial charge is 0.216 e. The number of carbonyl (C=O) groups is 1. The molecular weight excluding hydrogens is 224 g/mol. The van der Waals surface area contributed by atoms with Gasteiger partial charge < -0.3 is 10.6 Å². The molecule has 0 aromatic carbocycles. The zero-order valence-corrected chi connectivity index (χ0v) is 10.9. The maximum atomic E-state index is 10.9. The van der Waals surface area contributed by atoms with Crippen molar-refractivity contribution in [3.05, 3.63) is 0 Å². The average Bonchev–Trinajstić information content (AvgIpc) is 2.59. The first-order valence-electron chi connectivity index (χ1n) is 6.18. The highest BCUT2D eigenvalue weighted by molar-refractivity contribution is 5.85. The Morgan fingerprint density at radius 2 is 2.06 bits per heavy atom. The van der Waals surface area contributed by atoms with Gasteiger partial charge in [0, 0.05) is 26.6 Å². The van der Waals surface area contributed by atoms with Gasteiger partial charge in [0.25, 0.3) is 0 Å². The number of hydrogen-bond acceptors (Lipinski definition) is 2. The molecule has 3 nitrogen and oxygen atoms in total. The molecule has 0 aromatic rings. The van der Waals surface area contributed by atoms with Crippen molar-refractivity contribution in [2.24, 2.45) is 11.3 Å². The van der Waals surface area contributed by atoms with Crippen LogP contribution in [-0.2, 0) is 4.79 Å². The fraction of sp³-hybridized carbons (Fsp3) is 0.917. The predicted octanol–water partition coefficient (Wildman–Crippen LogP) is 1.71. The summed E-state index contributed by atoms with van der Waals surface area (Å²) in [6.45, 7) is 4.72. The largest absolute Gasteiger partial charge is 0.356 e. The van der Waals surface area contributed by atoms with Crippen molar-refractivity contribution in [2.45, 2.75) is 39.0 Å². The van der Waals surface area contributed by atoms with Gasteiger partial charge in [0.05, 0.1) is 0 Å². The van der Waals surface area contributed by atoms with E-state index in [1.54, 1.807) is 6.92 Å². The minimum atomic E-state index is 0. The van der Waals surface area contributed by atoms with E-state index in [9.17, 15) is 4.79 Å². The maximum absolute atomic E-state index is 10.9. The third-order valence-corrected chi connectivity index (χ3v) is 4.18. The first-order valence-corrected chi connectivity index (χ1v) is 6.18. The highest BCUT2D eigenvalue weighted by Gasteiger charge is 2.42. The molecule has 1 spiro atoms. The van der Waals surface area contributed by atoms with Crippen LogP contribution < -0.4 is 10.6 Å². The van der Waals surface area contributed by atoms with Crippen LogP contribution in [0.25, 0.3) is 0 Å². The normalized spacial score (nSPS) is 27.4. The lowest BCUT2D eigenvalue weighted by atomic mass is 9.68. The van der Waals surface area contributed by atoms with Gasteiger partial charge >= 0.3 is 0 Å². The number of halogens is 1. The van der Waals surface area contributed by atoms with Crippen molar-refractivity contribution in [2.75, 3.05) is 19.6 Å². The quantitative estimate of drug-likeness (QED) is 0.779.